The summed E-state index contributed by atoms with van der Waals surface area (Å²) in [4.78, 5) is 12.1. The van der Waals surface area contributed by atoms with Crippen LogP contribution in [0.25, 0.3) is 5.57 Å². The lowest BCUT2D eigenvalue weighted by atomic mass is 9.97. The molecule has 0 fully saturated rings. The third kappa shape index (κ3) is 3.48. The molecule has 4 nitrogen and oxygen atoms in total. The Kier molecular flexibility index (Phi) is 4.53. The smallest absolute Gasteiger partial charge is 0.269 e. The van der Waals surface area contributed by atoms with Crippen LogP contribution < -0.4 is 4.90 Å². The molecule has 0 aromatic heterocycles. The Labute approximate surface area is 136 Å². The van der Waals surface area contributed by atoms with E-state index in [1.165, 1.54) is 16.0 Å². The van der Waals surface area contributed by atoms with E-state index in [1.807, 2.05) is 12.1 Å². The lowest BCUT2D eigenvalue weighted by Crippen LogP contribution is -3.12. The van der Waals surface area contributed by atoms with E-state index in [-0.39, 0.29) is 16.7 Å². The molecule has 0 saturated carbocycles. The molecule has 0 saturated heterocycles. The van der Waals surface area contributed by atoms with Gasteiger partial charge in [0.1, 0.15) is 6.04 Å². The average Bonchev–Trinajstić information content (AvgIpc) is 2.62. The van der Waals surface area contributed by atoms with Gasteiger partial charge in [0.25, 0.3) is 5.69 Å². The molecule has 0 aliphatic carbocycles. The van der Waals surface area contributed by atoms with E-state index < -0.39 is 0 Å². The van der Waals surface area contributed by atoms with Crippen LogP contribution in [0.5, 0.6) is 0 Å². The summed E-state index contributed by atoms with van der Waals surface area (Å²) in [6, 6.07) is 17.8. The number of nitrogens with zero attached hydrogens (tertiary/aromatic N) is 1. The Morgan fingerprint density at radius 1 is 1.13 bits per heavy atom. The molecule has 1 heterocycles. The fourth-order valence-corrected chi connectivity index (χ4v) is 3.20. The third-order valence-corrected chi connectivity index (χ3v) is 4.66. The van der Waals surface area contributed by atoms with Crippen LogP contribution in [0.1, 0.15) is 30.5 Å². The molecular weight excluding hydrogens is 288 g/mol. The maximum Gasteiger partial charge on any atom is 0.269 e. The summed E-state index contributed by atoms with van der Waals surface area (Å²) < 4.78 is 0. The minimum absolute atomic E-state index is 0.172. The van der Waals surface area contributed by atoms with Gasteiger partial charge in [-0.05, 0) is 24.1 Å². The lowest BCUT2D eigenvalue weighted by molar-refractivity contribution is -0.925. The minimum atomic E-state index is -0.324. The number of rotatable bonds is 4. The highest BCUT2D eigenvalue weighted by Crippen LogP contribution is 2.21. The van der Waals surface area contributed by atoms with Gasteiger partial charge < -0.3 is 4.90 Å². The predicted molar refractivity (Wildman–Crippen MR) is 91.2 cm³/mol. The van der Waals surface area contributed by atoms with Crippen LogP contribution in [0.15, 0.2) is 60.7 Å². The van der Waals surface area contributed by atoms with E-state index in [0.29, 0.717) is 0 Å². The summed E-state index contributed by atoms with van der Waals surface area (Å²) in [5, 5.41) is 10.9. The largest absolute Gasteiger partial charge is 0.325 e. The minimum Gasteiger partial charge on any atom is -0.325 e. The van der Waals surface area contributed by atoms with Crippen LogP contribution in [0.3, 0.4) is 0 Å². The third-order valence-electron chi connectivity index (χ3n) is 4.66. The molecule has 0 amide bonds. The van der Waals surface area contributed by atoms with Crippen molar-refractivity contribution in [3.63, 3.8) is 0 Å². The van der Waals surface area contributed by atoms with Gasteiger partial charge in [0.2, 0.25) is 0 Å². The second kappa shape index (κ2) is 6.75. The van der Waals surface area contributed by atoms with Crippen molar-refractivity contribution in [3.05, 3.63) is 81.9 Å². The first-order valence-electron chi connectivity index (χ1n) is 7.98. The Hall–Kier alpha value is -2.46. The second-order valence-electron chi connectivity index (χ2n) is 6.03. The zero-order valence-corrected chi connectivity index (χ0v) is 13.2. The van der Waals surface area contributed by atoms with Gasteiger partial charge in [0, 0.05) is 24.1 Å². The molecule has 3 rings (SSSR count). The van der Waals surface area contributed by atoms with Gasteiger partial charge in [-0.2, -0.15) is 0 Å². The SMILES string of the molecule is C[C@H](c1cccc([N+](=O)[O-])c1)[NH+]1CC=C(c2ccccc2)CC1. The normalized spacial score (nSPS) is 19.0. The summed E-state index contributed by atoms with van der Waals surface area (Å²) in [6.45, 7) is 4.15. The number of nitrogens with one attached hydrogen (secondary N) is 1. The molecule has 23 heavy (non-hydrogen) atoms. The van der Waals surface area contributed by atoms with E-state index in [9.17, 15) is 10.1 Å². The number of hydrogen-bond acceptors (Lipinski definition) is 2. The van der Waals surface area contributed by atoms with E-state index in [0.717, 1.165) is 25.1 Å². The van der Waals surface area contributed by atoms with Gasteiger partial charge in [0.05, 0.1) is 18.0 Å². The molecule has 2 aromatic carbocycles. The van der Waals surface area contributed by atoms with Gasteiger partial charge in [-0.25, -0.2) is 0 Å². The molecule has 0 spiro atoms. The average molecular weight is 309 g/mol. The Morgan fingerprint density at radius 3 is 2.57 bits per heavy atom. The molecule has 2 atom stereocenters. The van der Waals surface area contributed by atoms with Crippen molar-refractivity contribution in [3.8, 4) is 0 Å². The standard InChI is InChI=1S/C19H20N2O2/c1-15(18-8-5-9-19(14-18)21(22)23)20-12-10-17(11-13-20)16-6-3-2-4-7-16/h2-10,14-15H,11-13H2,1H3/p+1/t15-/m1/s1. The first-order valence-corrected chi connectivity index (χ1v) is 7.98. The zero-order chi connectivity index (χ0) is 16.2. The van der Waals surface area contributed by atoms with Crippen LogP contribution in [0.4, 0.5) is 5.69 Å². The van der Waals surface area contributed by atoms with Crippen molar-refractivity contribution in [1.29, 1.82) is 0 Å². The second-order valence-corrected chi connectivity index (χ2v) is 6.03. The summed E-state index contributed by atoms with van der Waals surface area (Å²) in [7, 11) is 0. The number of benzene rings is 2. The highest BCUT2D eigenvalue weighted by Gasteiger charge is 2.23. The molecule has 1 aliphatic rings. The van der Waals surface area contributed by atoms with Crippen LogP contribution in [0, 0.1) is 10.1 Å². The molecule has 1 aliphatic heterocycles. The number of non-ortho nitro benzene ring substituents is 1. The summed E-state index contributed by atoms with van der Waals surface area (Å²) in [6.07, 6.45) is 3.35. The van der Waals surface area contributed by atoms with Crippen molar-refractivity contribution in [2.45, 2.75) is 19.4 Å². The molecule has 0 radical (unpaired) electrons. The predicted octanol–water partition coefficient (Wildman–Crippen LogP) is 3.03. The molecule has 2 aromatic rings. The highest BCUT2D eigenvalue weighted by molar-refractivity contribution is 5.65. The molecule has 0 bridgehead atoms. The van der Waals surface area contributed by atoms with Crippen molar-refractivity contribution in [2.75, 3.05) is 13.1 Å². The lowest BCUT2D eigenvalue weighted by Gasteiger charge is -2.29. The molecular formula is C19H21N2O2+. The quantitative estimate of drug-likeness (QED) is 0.697. The van der Waals surface area contributed by atoms with Crippen molar-refractivity contribution in [2.24, 2.45) is 0 Å². The maximum atomic E-state index is 10.9. The Morgan fingerprint density at radius 2 is 1.91 bits per heavy atom. The molecule has 1 N–H and O–H groups in total. The molecule has 4 heteroatoms. The van der Waals surface area contributed by atoms with Crippen molar-refractivity contribution in [1.82, 2.24) is 0 Å². The van der Waals surface area contributed by atoms with E-state index >= 15 is 0 Å². The Balaban J connectivity index is 1.73. The van der Waals surface area contributed by atoms with Crippen LogP contribution in [0.2, 0.25) is 0 Å². The number of nitro groups is 1. The summed E-state index contributed by atoms with van der Waals surface area (Å²) >= 11 is 0. The van der Waals surface area contributed by atoms with E-state index in [2.05, 4.69) is 37.3 Å². The number of hydrogen-bond donors (Lipinski definition) is 1. The summed E-state index contributed by atoms with van der Waals surface area (Å²) in [5.41, 5.74) is 3.91. The fraction of sp³-hybridized carbons (Fsp3) is 0.263. The number of nitro benzene ring substituents is 1. The first kappa shape index (κ1) is 15.4. The van der Waals surface area contributed by atoms with Gasteiger partial charge >= 0.3 is 0 Å². The molecule has 118 valence electrons. The number of quaternary nitrogens is 1. The first-order chi connectivity index (χ1) is 11.1. The maximum absolute atomic E-state index is 10.9. The van der Waals surface area contributed by atoms with Crippen molar-refractivity contribution >= 4 is 11.3 Å². The van der Waals surface area contributed by atoms with Gasteiger partial charge in [-0.1, -0.05) is 42.5 Å². The zero-order valence-electron chi connectivity index (χ0n) is 13.2. The van der Waals surface area contributed by atoms with E-state index in [1.54, 1.807) is 18.2 Å². The summed E-state index contributed by atoms with van der Waals surface area (Å²) in [5.74, 6) is 0. The molecule has 1 unspecified atom stereocenters. The fourth-order valence-electron chi connectivity index (χ4n) is 3.20. The van der Waals surface area contributed by atoms with Crippen LogP contribution in [-0.4, -0.2) is 18.0 Å². The Bertz CT molecular complexity index is 725. The highest BCUT2D eigenvalue weighted by atomic mass is 16.6. The van der Waals surface area contributed by atoms with Crippen molar-refractivity contribution < 1.29 is 9.82 Å². The van der Waals surface area contributed by atoms with Crippen LogP contribution >= 0.6 is 0 Å². The van der Waals surface area contributed by atoms with Gasteiger partial charge in [-0.15, -0.1) is 0 Å². The van der Waals surface area contributed by atoms with Gasteiger partial charge in [0.15, 0.2) is 0 Å². The van der Waals surface area contributed by atoms with Gasteiger partial charge in [-0.3, -0.25) is 10.1 Å². The van der Waals surface area contributed by atoms with E-state index in [4.69, 9.17) is 0 Å². The monoisotopic (exact) mass is 309 g/mol. The topological polar surface area (TPSA) is 47.6 Å². The van der Waals surface area contributed by atoms with Crippen LogP contribution in [-0.2, 0) is 0 Å².